The molecule has 0 heterocycles. The van der Waals surface area contributed by atoms with Crippen LogP contribution >= 0.6 is 11.6 Å². The van der Waals surface area contributed by atoms with Gasteiger partial charge in [0.1, 0.15) is 5.84 Å². The molecular weight excluding hydrogens is 318 g/mol. The second-order valence-electron chi connectivity index (χ2n) is 4.20. The van der Waals surface area contributed by atoms with Gasteiger partial charge in [-0.25, -0.2) is 8.42 Å². The Morgan fingerprint density at radius 3 is 2.76 bits per heavy atom. The van der Waals surface area contributed by atoms with Crippen molar-refractivity contribution in [1.82, 2.24) is 4.31 Å². The third kappa shape index (κ3) is 5.16. The van der Waals surface area contributed by atoms with Gasteiger partial charge >= 0.3 is 0 Å². The summed E-state index contributed by atoms with van der Waals surface area (Å²) in [5.41, 5.74) is 5.38. The number of nitrogens with two attached hydrogens (primary N) is 1. The molecule has 0 bridgehead atoms. The van der Waals surface area contributed by atoms with Crippen molar-refractivity contribution < 1.29 is 18.4 Å². The maximum atomic E-state index is 12.6. The molecule has 0 radical (unpaired) electrons. The van der Waals surface area contributed by atoms with Crippen molar-refractivity contribution in [1.29, 1.82) is 0 Å². The van der Waals surface area contributed by atoms with Crippen LogP contribution in [0.25, 0.3) is 0 Å². The fourth-order valence-electron chi connectivity index (χ4n) is 1.61. The molecule has 0 aliphatic heterocycles. The Kier molecular flexibility index (Phi) is 6.90. The summed E-state index contributed by atoms with van der Waals surface area (Å²) in [4.78, 5) is 0.0885. The van der Waals surface area contributed by atoms with E-state index in [9.17, 15) is 8.42 Å². The number of benzene rings is 1. The fourth-order valence-corrected chi connectivity index (χ4v) is 3.34. The molecule has 0 atom stereocenters. The van der Waals surface area contributed by atoms with Gasteiger partial charge in [0.15, 0.2) is 0 Å². The van der Waals surface area contributed by atoms with Crippen LogP contribution in [0.5, 0.6) is 0 Å². The second kappa shape index (κ2) is 8.18. The topological polar surface area (TPSA) is 105 Å². The Labute approximate surface area is 129 Å². The quantitative estimate of drug-likeness (QED) is 0.320. The molecule has 0 saturated carbocycles. The van der Waals surface area contributed by atoms with Gasteiger partial charge in [-0.3, -0.25) is 0 Å². The van der Waals surface area contributed by atoms with Crippen LogP contribution in [-0.2, 0) is 14.8 Å². The number of hydrogen-bond acceptors (Lipinski definition) is 5. The van der Waals surface area contributed by atoms with Crippen LogP contribution in [0, 0.1) is 0 Å². The molecule has 21 heavy (non-hydrogen) atoms. The summed E-state index contributed by atoms with van der Waals surface area (Å²) in [6.45, 7) is 0.466. The largest absolute Gasteiger partial charge is 0.409 e. The Morgan fingerprint density at radius 1 is 1.48 bits per heavy atom. The van der Waals surface area contributed by atoms with E-state index < -0.39 is 10.0 Å². The summed E-state index contributed by atoms with van der Waals surface area (Å²) in [6, 6.07) is 5.99. The zero-order chi connectivity index (χ0) is 15.9. The van der Waals surface area contributed by atoms with Gasteiger partial charge < -0.3 is 15.7 Å². The molecule has 0 aliphatic rings. The molecule has 3 N–H and O–H groups in total. The van der Waals surface area contributed by atoms with Crippen LogP contribution in [0.4, 0.5) is 0 Å². The van der Waals surface area contributed by atoms with Gasteiger partial charge in [0.25, 0.3) is 0 Å². The number of nitrogens with zero attached hydrogens (tertiary/aromatic N) is 2. The molecule has 0 spiro atoms. The van der Waals surface area contributed by atoms with E-state index in [1.807, 2.05) is 0 Å². The number of hydrogen-bond donors (Lipinski definition) is 2. The maximum Gasteiger partial charge on any atom is 0.243 e. The van der Waals surface area contributed by atoms with E-state index in [4.69, 9.17) is 27.3 Å². The predicted octanol–water partition coefficient (Wildman–Crippen LogP) is 1.11. The second-order valence-corrected chi connectivity index (χ2v) is 6.57. The van der Waals surface area contributed by atoms with Crippen LogP contribution in [0.1, 0.15) is 6.42 Å². The number of methoxy groups -OCH3 is 1. The highest BCUT2D eigenvalue weighted by atomic mass is 35.5. The summed E-state index contributed by atoms with van der Waals surface area (Å²) < 4.78 is 31.2. The molecule has 0 amide bonds. The molecule has 1 aromatic rings. The molecule has 7 nitrogen and oxygen atoms in total. The lowest BCUT2D eigenvalue weighted by molar-refractivity contribution is 0.179. The molecule has 9 heteroatoms. The van der Waals surface area contributed by atoms with Gasteiger partial charge in [-0.1, -0.05) is 22.8 Å². The summed E-state index contributed by atoms with van der Waals surface area (Å²) in [7, 11) is -2.24. The van der Waals surface area contributed by atoms with Crippen LogP contribution < -0.4 is 5.73 Å². The number of oxime groups is 1. The minimum Gasteiger partial charge on any atom is -0.409 e. The number of sulfonamides is 1. The number of rotatable bonds is 8. The van der Waals surface area contributed by atoms with Crippen molar-refractivity contribution in [2.75, 3.05) is 26.8 Å². The molecule has 1 rings (SSSR count). The molecule has 118 valence electrons. The highest BCUT2D eigenvalue weighted by Crippen LogP contribution is 2.19. The van der Waals surface area contributed by atoms with Crippen molar-refractivity contribution in [3.05, 3.63) is 29.3 Å². The normalized spacial score (nSPS) is 12.8. The first-order chi connectivity index (χ1) is 9.91. The van der Waals surface area contributed by atoms with Crippen LogP contribution in [0.2, 0.25) is 5.02 Å². The third-order valence-electron chi connectivity index (χ3n) is 2.72. The maximum absolute atomic E-state index is 12.6. The number of ether oxygens (including phenoxy) is 1. The zero-order valence-electron chi connectivity index (χ0n) is 11.6. The lowest BCUT2D eigenvalue weighted by Gasteiger charge is -2.21. The Balaban J connectivity index is 2.99. The van der Waals surface area contributed by atoms with E-state index in [2.05, 4.69) is 5.16 Å². The molecule has 0 aliphatic carbocycles. The average Bonchev–Trinajstić information content (AvgIpc) is 2.46. The van der Waals surface area contributed by atoms with Crippen molar-refractivity contribution in [2.45, 2.75) is 11.3 Å². The molecule has 0 aromatic heterocycles. The van der Waals surface area contributed by atoms with Crippen molar-refractivity contribution >= 4 is 27.5 Å². The molecule has 0 unspecified atom stereocenters. The fraction of sp³-hybridized carbons (Fsp3) is 0.417. The smallest absolute Gasteiger partial charge is 0.243 e. The summed E-state index contributed by atoms with van der Waals surface area (Å²) in [5.74, 6) is -0.0429. The van der Waals surface area contributed by atoms with Crippen LogP contribution in [0.3, 0.4) is 0 Å². The highest BCUT2D eigenvalue weighted by molar-refractivity contribution is 7.89. The standard InChI is InChI=1S/C12H18ClN3O4S/c1-20-8-7-16(6-5-12(14)15-17)21(18,19)11-4-2-3-10(13)9-11/h2-4,9,17H,5-8H2,1H3,(H2,14,15). The van der Waals surface area contributed by atoms with Crippen LogP contribution in [-0.4, -0.2) is 50.6 Å². The van der Waals surface area contributed by atoms with Gasteiger partial charge in [0.2, 0.25) is 10.0 Å². The highest BCUT2D eigenvalue weighted by Gasteiger charge is 2.24. The minimum atomic E-state index is -3.72. The first-order valence-electron chi connectivity index (χ1n) is 6.13. The van der Waals surface area contributed by atoms with Gasteiger partial charge in [0, 0.05) is 31.6 Å². The first-order valence-corrected chi connectivity index (χ1v) is 7.94. The summed E-state index contributed by atoms with van der Waals surface area (Å²) in [6.07, 6.45) is 0.111. The molecule has 0 fully saturated rings. The van der Waals surface area contributed by atoms with E-state index in [1.54, 1.807) is 12.1 Å². The minimum absolute atomic E-state index is 0.0429. The molecular formula is C12H18ClN3O4S. The summed E-state index contributed by atoms with van der Waals surface area (Å²) in [5, 5.41) is 11.7. The van der Waals surface area contributed by atoms with E-state index in [0.717, 1.165) is 0 Å². The van der Waals surface area contributed by atoms with Gasteiger partial charge in [-0.05, 0) is 18.2 Å². The SMILES string of the molecule is COCCN(CCC(N)=NO)S(=O)(=O)c1cccc(Cl)c1. The van der Waals surface area contributed by atoms with Gasteiger partial charge in [0.05, 0.1) is 11.5 Å². The first kappa shape index (κ1) is 17.7. The lowest BCUT2D eigenvalue weighted by Crippen LogP contribution is -2.36. The van der Waals surface area contributed by atoms with Crippen molar-refractivity contribution in [3.8, 4) is 0 Å². The Bertz CT molecular complexity index is 592. The van der Waals surface area contributed by atoms with E-state index in [1.165, 1.54) is 23.5 Å². The number of amidine groups is 1. The van der Waals surface area contributed by atoms with Gasteiger partial charge in [-0.15, -0.1) is 0 Å². The number of halogens is 1. The Morgan fingerprint density at radius 2 is 2.19 bits per heavy atom. The molecule has 0 saturated heterocycles. The van der Waals surface area contributed by atoms with E-state index >= 15 is 0 Å². The third-order valence-corrected chi connectivity index (χ3v) is 4.85. The van der Waals surface area contributed by atoms with Gasteiger partial charge in [-0.2, -0.15) is 4.31 Å². The monoisotopic (exact) mass is 335 g/mol. The van der Waals surface area contributed by atoms with Crippen molar-refractivity contribution in [3.63, 3.8) is 0 Å². The Hall–Kier alpha value is -1.35. The average molecular weight is 336 g/mol. The zero-order valence-corrected chi connectivity index (χ0v) is 13.1. The lowest BCUT2D eigenvalue weighted by atomic mass is 10.4. The summed E-state index contributed by atoms with van der Waals surface area (Å²) >= 11 is 5.83. The van der Waals surface area contributed by atoms with E-state index in [0.29, 0.717) is 5.02 Å². The molecule has 1 aromatic carbocycles. The van der Waals surface area contributed by atoms with Crippen LogP contribution in [0.15, 0.2) is 34.3 Å². The predicted molar refractivity (Wildman–Crippen MR) is 80.1 cm³/mol. The van der Waals surface area contributed by atoms with Crippen molar-refractivity contribution in [2.24, 2.45) is 10.9 Å². The van der Waals surface area contributed by atoms with E-state index in [-0.39, 0.29) is 36.8 Å².